The maximum absolute atomic E-state index is 12.6. The van der Waals surface area contributed by atoms with Crippen LogP contribution in [0.2, 0.25) is 0 Å². The number of hydrogen-bond donors (Lipinski definition) is 5. The fourth-order valence-corrected chi connectivity index (χ4v) is 4.96. The highest BCUT2D eigenvalue weighted by Gasteiger charge is 2.35. The largest absolute Gasteiger partial charge is 0.457 e. The van der Waals surface area contributed by atoms with Gasteiger partial charge in [-0.15, -0.1) is 0 Å². The van der Waals surface area contributed by atoms with Crippen LogP contribution < -0.4 is 0 Å². The van der Waals surface area contributed by atoms with Gasteiger partial charge >= 0.3 is 11.9 Å². The predicted octanol–water partition coefficient (Wildman–Crippen LogP) is 3.20. The van der Waals surface area contributed by atoms with E-state index in [4.69, 9.17) is 9.47 Å². The third kappa shape index (κ3) is 12.1. The van der Waals surface area contributed by atoms with Crippen LogP contribution in [-0.2, 0) is 19.1 Å². The van der Waals surface area contributed by atoms with Crippen molar-refractivity contribution in [3.8, 4) is 0 Å². The van der Waals surface area contributed by atoms with E-state index in [0.717, 1.165) is 12.0 Å². The van der Waals surface area contributed by atoms with E-state index in [0.29, 0.717) is 19.3 Å². The summed E-state index contributed by atoms with van der Waals surface area (Å²) in [5.74, 6) is -1.70. The molecule has 9 heteroatoms. The molecule has 0 fully saturated rings. The molecule has 0 aromatic rings. The normalized spacial score (nSPS) is 32.0. The minimum Gasteiger partial charge on any atom is -0.457 e. The smallest absolute Gasteiger partial charge is 0.309 e. The molecule has 1 aliphatic heterocycles. The minimum atomic E-state index is -1.42. The van der Waals surface area contributed by atoms with Gasteiger partial charge in [0, 0.05) is 18.8 Å². The van der Waals surface area contributed by atoms with Gasteiger partial charge in [-0.1, -0.05) is 39.8 Å². The molecule has 0 aliphatic carbocycles. The van der Waals surface area contributed by atoms with E-state index in [2.05, 4.69) is 0 Å². The highest BCUT2D eigenvalue weighted by Crippen LogP contribution is 2.28. The monoisotopic (exact) mass is 556 g/mol. The van der Waals surface area contributed by atoms with Crippen molar-refractivity contribution in [1.29, 1.82) is 0 Å². The van der Waals surface area contributed by atoms with Crippen LogP contribution in [0.15, 0.2) is 23.8 Å². The third-order valence-electron chi connectivity index (χ3n) is 7.79. The summed E-state index contributed by atoms with van der Waals surface area (Å²) in [4.78, 5) is 24.3. The molecule has 1 heterocycles. The van der Waals surface area contributed by atoms with E-state index in [-0.39, 0.29) is 31.1 Å². The molecule has 0 amide bonds. The summed E-state index contributed by atoms with van der Waals surface area (Å²) in [6, 6.07) is 0. The Morgan fingerprint density at radius 2 is 1.85 bits per heavy atom. The number of rotatable bonds is 11. The molecule has 0 spiro atoms. The van der Waals surface area contributed by atoms with E-state index in [1.165, 1.54) is 6.92 Å². The van der Waals surface area contributed by atoms with Gasteiger partial charge in [-0.2, -0.15) is 0 Å². The van der Waals surface area contributed by atoms with Crippen molar-refractivity contribution in [1.82, 2.24) is 0 Å². The summed E-state index contributed by atoms with van der Waals surface area (Å²) in [7, 11) is 0. The highest BCUT2D eigenvalue weighted by molar-refractivity contribution is 5.70. The summed E-state index contributed by atoms with van der Waals surface area (Å²) >= 11 is 0. The highest BCUT2D eigenvalue weighted by atomic mass is 16.6. The maximum atomic E-state index is 12.6. The maximum Gasteiger partial charge on any atom is 0.309 e. The lowest BCUT2D eigenvalue weighted by atomic mass is 9.87. The average molecular weight is 557 g/mol. The molecule has 0 aromatic carbocycles. The quantitative estimate of drug-likeness (QED) is 0.191. The Kier molecular flexibility index (Phi) is 14.9. The van der Waals surface area contributed by atoms with Gasteiger partial charge in [-0.05, 0) is 69.9 Å². The molecule has 0 aromatic heterocycles. The molecular weight excluding hydrogens is 504 g/mol. The van der Waals surface area contributed by atoms with Crippen LogP contribution in [0.1, 0.15) is 93.4 Å². The number of carbonyl (C=O) groups excluding carboxylic acids is 2. The van der Waals surface area contributed by atoms with E-state index in [1.807, 2.05) is 33.8 Å². The second-order valence-electron chi connectivity index (χ2n) is 11.7. The molecule has 0 saturated carbocycles. The summed E-state index contributed by atoms with van der Waals surface area (Å²) in [5.41, 5.74) is -0.608. The van der Waals surface area contributed by atoms with E-state index >= 15 is 0 Å². The first kappa shape index (κ1) is 35.2. The topological polar surface area (TPSA) is 154 Å². The second kappa shape index (κ2) is 16.5. The van der Waals surface area contributed by atoms with Gasteiger partial charge in [0.05, 0.1) is 30.8 Å². The predicted molar refractivity (Wildman–Crippen MR) is 148 cm³/mol. The van der Waals surface area contributed by atoms with Crippen LogP contribution >= 0.6 is 0 Å². The van der Waals surface area contributed by atoms with E-state index in [1.54, 1.807) is 26.0 Å². The Labute approximate surface area is 233 Å². The van der Waals surface area contributed by atoms with Crippen LogP contribution in [0.25, 0.3) is 0 Å². The summed E-state index contributed by atoms with van der Waals surface area (Å²) in [6.45, 7) is 12.1. The summed E-state index contributed by atoms with van der Waals surface area (Å²) in [6.07, 6.45) is 2.52. The van der Waals surface area contributed by atoms with E-state index < -0.39 is 60.1 Å². The second-order valence-corrected chi connectivity index (χ2v) is 11.7. The molecule has 5 N–H and O–H groups in total. The van der Waals surface area contributed by atoms with E-state index in [9.17, 15) is 35.1 Å². The van der Waals surface area contributed by atoms with Crippen LogP contribution in [-0.4, -0.2) is 79.7 Å². The number of aliphatic hydroxyl groups is 5. The van der Waals surface area contributed by atoms with Gasteiger partial charge in [0.2, 0.25) is 0 Å². The molecule has 226 valence electrons. The number of allylic oxidation sites excluding steroid dienone is 1. The average Bonchev–Trinajstić information content (AvgIpc) is 2.85. The molecule has 10 unspecified atom stereocenters. The number of esters is 2. The number of cyclic esters (lactones) is 1. The molecule has 1 rings (SSSR count). The van der Waals surface area contributed by atoms with Gasteiger partial charge in [0.1, 0.15) is 17.8 Å². The van der Waals surface area contributed by atoms with Gasteiger partial charge in [0.25, 0.3) is 0 Å². The zero-order valence-corrected chi connectivity index (χ0v) is 24.7. The van der Waals surface area contributed by atoms with Crippen LogP contribution in [0, 0.1) is 17.8 Å². The molecule has 1 aliphatic rings. The molecule has 10 atom stereocenters. The van der Waals surface area contributed by atoms with Crippen LogP contribution in [0.4, 0.5) is 0 Å². The zero-order chi connectivity index (χ0) is 29.9. The lowest BCUT2D eigenvalue weighted by molar-refractivity contribution is -0.157. The first-order valence-electron chi connectivity index (χ1n) is 14.2. The lowest BCUT2D eigenvalue weighted by Crippen LogP contribution is -2.42. The molecule has 0 radical (unpaired) electrons. The van der Waals surface area contributed by atoms with Crippen molar-refractivity contribution in [3.63, 3.8) is 0 Å². The van der Waals surface area contributed by atoms with Gasteiger partial charge in [-0.25, -0.2) is 0 Å². The first-order chi connectivity index (χ1) is 18.1. The van der Waals surface area contributed by atoms with Crippen molar-refractivity contribution >= 4 is 11.9 Å². The van der Waals surface area contributed by atoms with Crippen molar-refractivity contribution in [2.45, 2.75) is 136 Å². The standard InChI is InChI=1S/C30H52O9/c1-8-24(33)21(5)28(36)25(34)16-18(2)10-9-11-19(3)29-20(4)12-13-26(38-22(6)31)30(7,37)15-14-23(32)17-27(35)39-29/h11-13,18,20-21,23-26,28-29,32-34,36-37H,8-10,14-17H2,1-7H3/b13-12-,19-11+. The van der Waals surface area contributed by atoms with Crippen molar-refractivity contribution < 1.29 is 44.6 Å². The van der Waals surface area contributed by atoms with Crippen molar-refractivity contribution in [3.05, 3.63) is 23.8 Å². The van der Waals surface area contributed by atoms with Crippen molar-refractivity contribution in [2.24, 2.45) is 17.8 Å². The molecule has 0 saturated heterocycles. The molecule has 9 nitrogen and oxygen atoms in total. The molecule has 0 bridgehead atoms. The Morgan fingerprint density at radius 1 is 1.21 bits per heavy atom. The Morgan fingerprint density at radius 3 is 2.44 bits per heavy atom. The number of carbonyl (C=O) groups is 2. The number of aliphatic hydroxyl groups excluding tert-OH is 4. The molecule has 39 heavy (non-hydrogen) atoms. The summed E-state index contributed by atoms with van der Waals surface area (Å²) < 4.78 is 11.1. The fourth-order valence-electron chi connectivity index (χ4n) is 4.96. The lowest BCUT2D eigenvalue weighted by Gasteiger charge is -2.32. The van der Waals surface area contributed by atoms with Gasteiger partial charge < -0.3 is 35.0 Å². The third-order valence-corrected chi connectivity index (χ3v) is 7.79. The Balaban J connectivity index is 2.97. The Hall–Kier alpha value is -1.78. The van der Waals surface area contributed by atoms with Gasteiger partial charge in [-0.3, -0.25) is 9.59 Å². The van der Waals surface area contributed by atoms with Gasteiger partial charge in [0.15, 0.2) is 0 Å². The summed E-state index contributed by atoms with van der Waals surface area (Å²) in [5, 5.41) is 52.1. The van der Waals surface area contributed by atoms with Crippen LogP contribution in [0.5, 0.6) is 0 Å². The van der Waals surface area contributed by atoms with Crippen molar-refractivity contribution in [2.75, 3.05) is 0 Å². The zero-order valence-electron chi connectivity index (χ0n) is 24.7. The number of hydrogen-bond acceptors (Lipinski definition) is 9. The number of ether oxygens (including phenoxy) is 2. The fraction of sp³-hybridized carbons (Fsp3) is 0.800. The first-order valence-corrected chi connectivity index (χ1v) is 14.2. The van der Waals surface area contributed by atoms with Crippen LogP contribution in [0.3, 0.4) is 0 Å². The SMILES string of the molecule is CCC(O)C(C)C(O)C(O)CC(C)CC/C=C(\C)C1OC(=O)CC(O)CCC(C)(O)C(OC(C)=O)/C=C\C1C. The Bertz CT molecular complexity index is 821. The molecular formula is C30H52O9. The minimum absolute atomic E-state index is 0.0997.